The summed E-state index contributed by atoms with van der Waals surface area (Å²) in [6.45, 7) is 5.62. The van der Waals surface area contributed by atoms with E-state index in [0.717, 1.165) is 6.42 Å². The van der Waals surface area contributed by atoms with Gasteiger partial charge in [-0.1, -0.05) is 0 Å². The van der Waals surface area contributed by atoms with Crippen molar-refractivity contribution < 1.29 is 19.7 Å². The van der Waals surface area contributed by atoms with E-state index in [4.69, 9.17) is 4.74 Å². The van der Waals surface area contributed by atoms with Crippen LogP contribution in [0.15, 0.2) is 10.9 Å². The fourth-order valence-electron chi connectivity index (χ4n) is 4.63. The van der Waals surface area contributed by atoms with Gasteiger partial charge in [0.2, 0.25) is 5.95 Å². The zero-order valence-electron chi connectivity index (χ0n) is 17.5. The quantitative estimate of drug-likeness (QED) is 0.638. The number of anilines is 1. The summed E-state index contributed by atoms with van der Waals surface area (Å²) in [5.41, 5.74) is -0.147. The van der Waals surface area contributed by atoms with Crippen molar-refractivity contribution in [2.45, 2.75) is 70.2 Å². The number of hydrogen-bond acceptors (Lipinski definition) is 8. The van der Waals surface area contributed by atoms with Crippen molar-refractivity contribution in [3.05, 3.63) is 27.7 Å². The maximum Gasteiger partial charge on any atom is 0.252 e. The van der Waals surface area contributed by atoms with Crippen molar-refractivity contribution in [1.29, 1.82) is 0 Å². The van der Waals surface area contributed by atoms with Crippen LogP contribution in [0, 0.1) is 6.92 Å². The number of nitrogens with zero attached hydrogens (tertiary/aromatic N) is 3. The Kier molecular flexibility index (Phi) is 5.37. The number of carbonyl (C=O) groups excluding carboxylic acids is 1. The average molecular weight is 416 g/mol. The van der Waals surface area contributed by atoms with Crippen LogP contribution in [0.4, 0.5) is 5.95 Å². The first-order valence-corrected chi connectivity index (χ1v) is 10.4. The second-order valence-electron chi connectivity index (χ2n) is 8.63. The normalized spacial score (nSPS) is 29.3. The first-order chi connectivity index (χ1) is 14.2. The highest BCUT2D eigenvalue weighted by atomic mass is 16.5. The van der Waals surface area contributed by atoms with Crippen molar-refractivity contribution in [2.24, 2.45) is 0 Å². The van der Waals surface area contributed by atoms with E-state index < -0.39 is 17.7 Å². The van der Waals surface area contributed by atoms with Gasteiger partial charge < -0.3 is 20.3 Å². The van der Waals surface area contributed by atoms with Crippen molar-refractivity contribution in [3.63, 3.8) is 0 Å². The Labute approximate surface area is 174 Å². The summed E-state index contributed by atoms with van der Waals surface area (Å²) in [5, 5.41) is 24.7. The van der Waals surface area contributed by atoms with Gasteiger partial charge in [0.15, 0.2) is 5.78 Å². The van der Waals surface area contributed by atoms with Gasteiger partial charge in [-0.2, -0.15) is 4.98 Å². The third-order valence-electron chi connectivity index (χ3n) is 6.25. The lowest BCUT2D eigenvalue weighted by Crippen LogP contribution is -2.42. The minimum atomic E-state index is -1.04. The molecule has 9 nitrogen and oxygen atoms in total. The standard InChI is InChI=1S/C21H28N4O5/c1-11-9-16(28)25(15-5-4-7-21(15,3)29)19-17(11)18(12(2)26)23-20(24-19)22-13-6-8-30-10-14(13)27/h9,13-15,27,29H,4-8,10H2,1-3H3,(H,22,23,24)/t13-,14-,15-,21-/m1/s1. The van der Waals surface area contributed by atoms with E-state index >= 15 is 0 Å². The van der Waals surface area contributed by atoms with Crippen LogP contribution in [0.1, 0.15) is 61.6 Å². The maximum atomic E-state index is 13.0. The third kappa shape index (κ3) is 3.61. The molecule has 2 aliphatic rings. The van der Waals surface area contributed by atoms with Gasteiger partial charge in [0.05, 0.1) is 35.8 Å². The van der Waals surface area contributed by atoms with Gasteiger partial charge in [-0.25, -0.2) is 4.98 Å². The number of carbonyl (C=O) groups is 1. The number of nitrogens with one attached hydrogen (secondary N) is 1. The Morgan fingerprint density at radius 3 is 2.77 bits per heavy atom. The molecule has 0 aromatic carbocycles. The summed E-state index contributed by atoms with van der Waals surface area (Å²) >= 11 is 0. The van der Waals surface area contributed by atoms with Gasteiger partial charge in [0, 0.05) is 19.6 Å². The Bertz CT molecular complexity index is 1050. The zero-order chi connectivity index (χ0) is 21.6. The number of ketones is 1. The van der Waals surface area contributed by atoms with Gasteiger partial charge in [-0.05, 0) is 45.1 Å². The summed E-state index contributed by atoms with van der Waals surface area (Å²) in [5.74, 6) is -0.0699. The van der Waals surface area contributed by atoms with Gasteiger partial charge in [0.1, 0.15) is 11.3 Å². The molecular formula is C21H28N4O5. The largest absolute Gasteiger partial charge is 0.389 e. The molecule has 0 spiro atoms. The number of aromatic nitrogens is 3. The molecule has 1 aliphatic heterocycles. The number of ether oxygens (including phenoxy) is 1. The second kappa shape index (κ2) is 7.72. The Morgan fingerprint density at radius 2 is 2.13 bits per heavy atom. The van der Waals surface area contributed by atoms with Crippen LogP contribution in [-0.4, -0.2) is 61.5 Å². The minimum absolute atomic E-state index is 0.176. The highest BCUT2D eigenvalue weighted by Gasteiger charge is 2.40. The summed E-state index contributed by atoms with van der Waals surface area (Å²) in [4.78, 5) is 34.5. The second-order valence-corrected chi connectivity index (χ2v) is 8.63. The molecule has 2 aromatic heterocycles. The molecule has 4 rings (SSSR count). The van der Waals surface area contributed by atoms with Gasteiger partial charge in [0.25, 0.3) is 5.56 Å². The highest BCUT2D eigenvalue weighted by Crippen LogP contribution is 2.40. The Balaban J connectivity index is 1.92. The van der Waals surface area contributed by atoms with Crippen molar-refractivity contribution in [2.75, 3.05) is 18.5 Å². The maximum absolute atomic E-state index is 13.0. The molecule has 3 N–H and O–H groups in total. The predicted molar refractivity (Wildman–Crippen MR) is 111 cm³/mol. The lowest BCUT2D eigenvalue weighted by molar-refractivity contribution is -0.0136. The smallest absolute Gasteiger partial charge is 0.252 e. The number of hydrogen-bond donors (Lipinski definition) is 3. The molecule has 2 aromatic rings. The molecule has 2 fully saturated rings. The number of pyridine rings is 1. The minimum Gasteiger partial charge on any atom is -0.389 e. The van der Waals surface area contributed by atoms with Crippen LogP contribution in [0.2, 0.25) is 0 Å². The summed E-state index contributed by atoms with van der Waals surface area (Å²) < 4.78 is 6.77. The first kappa shape index (κ1) is 20.9. The number of aryl methyl sites for hydroxylation is 1. The van der Waals surface area contributed by atoms with E-state index in [1.54, 1.807) is 13.8 Å². The highest BCUT2D eigenvalue weighted by molar-refractivity contribution is 6.05. The number of aliphatic hydroxyl groups is 2. The average Bonchev–Trinajstić information content (AvgIpc) is 3.01. The van der Waals surface area contributed by atoms with E-state index in [1.807, 2.05) is 0 Å². The molecule has 30 heavy (non-hydrogen) atoms. The molecule has 0 bridgehead atoms. The van der Waals surface area contributed by atoms with Crippen molar-refractivity contribution in [3.8, 4) is 0 Å². The third-order valence-corrected chi connectivity index (χ3v) is 6.25. The fourth-order valence-corrected chi connectivity index (χ4v) is 4.63. The monoisotopic (exact) mass is 416 g/mol. The molecular weight excluding hydrogens is 388 g/mol. The van der Waals surface area contributed by atoms with Crippen LogP contribution in [0.5, 0.6) is 0 Å². The van der Waals surface area contributed by atoms with Crippen LogP contribution in [0.25, 0.3) is 11.0 Å². The first-order valence-electron chi connectivity index (χ1n) is 10.4. The molecule has 9 heteroatoms. The van der Waals surface area contributed by atoms with E-state index in [0.29, 0.717) is 42.5 Å². The zero-order valence-corrected chi connectivity index (χ0v) is 17.5. The summed E-state index contributed by atoms with van der Waals surface area (Å²) in [6.07, 6.45) is 1.86. The van der Waals surface area contributed by atoms with Crippen LogP contribution in [0.3, 0.4) is 0 Å². The lowest BCUT2D eigenvalue weighted by atomic mass is 9.99. The van der Waals surface area contributed by atoms with Gasteiger partial charge in [-0.3, -0.25) is 14.2 Å². The Hall–Kier alpha value is -2.36. The molecule has 1 saturated carbocycles. The molecule has 1 aliphatic carbocycles. The van der Waals surface area contributed by atoms with E-state index in [-0.39, 0.29) is 35.6 Å². The molecule has 0 unspecified atom stereocenters. The van der Waals surface area contributed by atoms with Crippen molar-refractivity contribution >= 4 is 22.8 Å². The summed E-state index contributed by atoms with van der Waals surface area (Å²) in [6, 6.07) is 0.710. The van der Waals surface area contributed by atoms with E-state index in [2.05, 4.69) is 15.3 Å². The number of rotatable bonds is 4. The summed E-state index contributed by atoms with van der Waals surface area (Å²) in [7, 11) is 0. The predicted octanol–water partition coefficient (Wildman–Crippen LogP) is 1.34. The number of aliphatic hydroxyl groups excluding tert-OH is 1. The number of Topliss-reactive ketones (excluding diaryl/α,β-unsaturated/α-hetero) is 1. The van der Waals surface area contributed by atoms with Gasteiger partial charge >= 0.3 is 0 Å². The molecule has 3 heterocycles. The molecule has 162 valence electrons. The van der Waals surface area contributed by atoms with E-state index in [9.17, 15) is 19.8 Å². The molecule has 4 atom stereocenters. The molecule has 0 radical (unpaired) electrons. The molecule has 1 saturated heterocycles. The fraction of sp³-hybridized carbons (Fsp3) is 0.619. The van der Waals surface area contributed by atoms with Crippen LogP contribution in [-0.2, 0) is 4.74 Å². The van der Waals surface area contributed by atoms with Gasteiger partial charge in [-0.15, -0.1) is 0 Å². The van der Waals surface area contributed by atoms with Crippen molar-refractivity contribution in [1.82, 2.24) is 14.5 Å². The molecule has 0 amide bonds. The topological polar surface area (TPSA) is 127 Å². The Morgan fingerprint density at radius 1 is 1.37 bits per heavy atom. The van der Waals surface area contributed by atoms with E-state index in [1.165, 1.54) is 17.6 Å². The SMILES string of the molecule is CC(=O)c1nc(N[C@@H]2CCOC[C@H]2O)nc2c1c(C)cc(=O)n2[C@@H]1CCC[C@@]1(C)O. The van der Waals surface area contributed by atoms with Crippen LogP contribution >= 0.6 is 0 Å². The lowest BCUT2D eigenvalue weighted by Gasteiger charge is -2.30. The number of fused-ring (bicyclic) bond motifs is 1. The van der Waals surface area contributed by atoms with Crippen LogP contribution < -0.4 is 10.9 Å².